The first kappa shape index (κ1) is 60.5. The van der Waals surface area contributed by atoms with Crippen molar-refractivity contribution in [2.75, 3.05) is 72.4 Å². The van der Waals surface area contributed by atoms with Gasteiger partial charge in [-0.2, -0.15) is 8.91 Å². The number of hydrogen-bond acceptors (Lipinski definition) is 12. The van der Waals surface area contributed by atoms with Crippen LogP contribution in [0.2, 0.25) is 0 Å². The van der Waals surface area contributed by atoms with Gasteiger partial charge in [-0.05, 0) is 136 Å². The molecule has 18 heteroatoms. The zero-order chi connectivity index (χ0) is 46.2. The van der Waals surface area contributed by atoms with Gasteiger partial charge in [-0.1, -0.05) is 38.5 Å². The van der Waals surface area contributed by atoms with Crippen LogP contribution in [0, 0.1) is 0 Å². The van der Waals surface area contributed by atoms with Crippen molar-refractivity contribution < 1.29 is 145 Å². The van der Waals surface area contributed by atoms with E-state index in [0.29, 0.717) is 32.5 Å². The maximum Gasteiger partial charge on any atom is 1.00 e. The van der Waals surface area contributed by atoms with Crippen molar-refractivity contribution in [3.05, 3.63) is 83.6 Å². The normalized spacial score (nSPS) is 15.8. The first-order valence-electron chi connectivity index (χ1n) is 22.1. The van der Waals surface area contributed by atoms with E-state index in [4.69, 9.17) is 0 Å². The third kappa shape index (κ3) is 18.6. The Morgan fingerprint density at radius 3 is 1.98 bits per heavy atom. The minimum absolute atomic E-state index is 0. The number of anilines is 1. The van der Waals surface area contributed by atoms with Crippen LogP contribution in [0.25, 0.3) is 0 Å². The summed E-state index contributed by atoms with van der Waals surface area (Å²) >= 11 is 0.866. The second kappa shape index (κ2) is 29.6. The van der Waals surface area contributed by atoms with Crippen LogP contribution in [0.1, 0.15) is 103 Å². The van der Waals surface area contributed by atoms with Gasteiger partial charge in [-0.3, -0.25) is 14.6 Å². The molecule has 0 saturated carbocycles. The Bertz CT molecular complexity index is 2110. The molecular weight excluding hydrogens is 919 g/mol. The molecule has 2 aliphatic rings. The summed E-state index contributed by atoms with van der Waals surface area (Å²) < 4.78 is 43.1. The van der Waals surface area contributed by atoms with Crippen molar-refractivity contribution in [1.82, 2.24) is 20.4 Å². The van der Waals surface area contributed by atoms with Crippen molar-refractivity contribution in [2.45, 2.75) is 113 Å². The quantitative estimate of drug-likeness (QED) is 0.0184. The molecular formula is C47H69K2N6O8S2+. The fraction of sp³-hybridized carbons (Fsp3) is 0.553. The van der Waals surface area contributed by atoms with Crippen LogP contribution in [-0.4, -0.2) is 112 Å². The van der Waals surface area contributed by atoms with Gasteiger partial charge >= 0.3 is 103 Å². The van der Waals surface area contributed by atoms with E-state index >= 15 is 0 Å². The molecule has 0 saturated heterocycles. The third-order valence-electron chi connectivity index (χ3n) is 11.7. The van der Waals surface area contributed by atoms with Crippen LogP contribution < -0.4 is 124 Å². The summed E-state index contributed by atoms with van der Waals surface area (Å²) in [6, 6.07) is 10.6. The number of unbranched alkanes of at least 4 members (excludes halogenated alkanes) is 4. The molecule has 4 rings (SSSR count). The molecule has 0 bridgehead atoms. The van der Waals surface area contributed by atoms with Gasteiger partial charge < -0.3 is 35.1 Å². The minimum Gasteiger partial charge on any atom is -0.744 e. The maximum absolute atomic E-state index is 12.4. The summed E-state index contributed by atoms with van der Waals surface area (Å²) in [7, 11) is 3.42. The molecule has 0 atom stereocenters. The van der Waals surface area contributed by atoms with Crippen LogP contribution in [0.15, 0.2) is 82.3 Å². The molecule has 14 nitrogen and oxygen atoms in total. The van der Waals surface area contributed by atoms with Gasteiger partial charge in [0.15, 0.2) is 5.71 Å². The van der Waals surface area contributed by atoms with Gasteiger partial charge in [0.2, 0.25) is 17.5 Å². The van der Waals surface area contributed by atoms with E-state index < -0.39 is 20.9 Å². The van der Waals surface area contributed by atoms with Gasteiger partial charge in [0.05, 0.1) is 22.4 Å². The molecule has 2 aromatic rings. The monoisotopic (exact) mass is 987 g/mol. The summed E-state index contributed by atoms with van der Waals surface area (Å²) in [4.78, 5) is 31.7. The third-order valence-corrected chi connectivity index (χ3v) is 13.1. The van der Waals surface area contributed by atoms with E-state index in [0.717, 1.165) is 122 Å². The van der Waals surface area contributed by atoms with Crippen LogP contribution in [0.4, 0.5) is 11.4 Å². The summed E-state index contributed by atoms with van der Waals surface area (Å²) in [6.07, 6.45) is 17.9. The number of hydrogen-bond donors (Lipinski definition) is 2. The van der Waals surface area contributed by atoms with Gasteiger partial charge in [-0.25, -0.2) is 8.42 Å². The van der Waals surface area contributed by atoms with E-state index in [9.17, 15) is 27.8 Å². The smallest absolute Gasteiger partial charge is 0.744 e. The average Bonchev–Trinajstić information content (AvgIpc) is 3.56. The number of rotatable bonds is 27. The van der Waals surface area contributed by atoms with E-state index in [1.54, 1.807) is 6.07 Å². The standard InChI is InChI=1S/C47H70N6O8S2.2K/c1-46(2)38-34-36(62-61-60-56)24-26-40(38)52(32-16-10-14-22-44(54)48-28-18-30-50(5)6)42(46)20-12-9-13-21-43-47(3,4)39-35-37(63(57,58)59)25-27-41(39)53(43)33-17-11-15-23-45(55)49-29-19-31-51(7)8;;/h9,12-13,20-21,24-27,34-35H,10-11,14-19,22-23,28-33H2,1-8H3,(H3-,48,49,54,55,56,57,58,59);;/q;2*+1/p-1. The Kier molecular flexibility index (Phi) is 27.5. The maximum atomic E-state index is 12.4. The molecule has 2 aromatic carbocycles. The first-order valence-corrected chi connectivity index (χ1v) is 24.2. The Morgan fingerprint density at radius 1 is 0.785 bits per heavy atom. The molecule has 2 N–H and O–H groups in total. The van der Waals surface area contributed by atoms with Gasteiger partial charge in [0, 0.05) is 78.3 Å². The van der Waals surface area contributed by atoms with Crippen molar-refractivity contribution in [3.8, 4) is 0 Å². The fourth-order valence-corrected chi connectivity index (χ4v) is 9.19. The summed E-state index contributed by atoms with van der Waals surface area (Å²) in [5.41, 5.74) is 4.88. The molecule has 2 heterocycles. The van der Waals surface area contributed by atoms with Gasteiger partial charge in [-0.15, -0.1) is 0 Å². The molecule has 0 fully saturated rings. The van der Waals surface area contributed by atoms with Gasteiger partial charge in [0.1, 0.15) is 16.7 Å². The van der Waals surface area contributed by atoms with Crippen molar-refractivity contribution in [1.29, 1.82) is 0 Å². The predicted octanol–water partition coefficient (Wildman–Crippen LogP) is 0.256. The van der Waals surface area contributed by atoms with Crippen molar-refractivity contribution in [3.63, 3.8) is 0 Å². The number of benzene rings is 2. The number of carbonyl (C=O) groups excluding carboxylic acids is 2. The number of amides is 2. The fourth-order valence-electron chi connectivity index (χ4n) is 8.30. The second-order valence-electron chi connectivity index (χ2n) is 17.9. The van der Waals surface area contributed by atoms with E-state index in [2.05, 4.69) is 59.2 Å². The Hall–Kier alpha value is -0.597. The molecule has 0 spiro atoms. The number of nitrogens with zero attached hydrogens (tertiary/aromatic N) is 4. The van der Waals surface area contributed by atoms with Crippen LogP contribution in [0.5, 0.6) is 0 Å². The first-order chi connectivity index (χ1) is 29.9. The molecule has 0 radical (unpaired) electrons. The SMILES string of the molecule is CN(C)CCCNC(=O)CCCCCN1\C(=C/C=C/C=C/C2=[N+](CCCCCC(=O)NCCCN(C)C)c3ccc(SOO[O-])cc3C2(C)C)C(C)(C)c2cc(S(=O)(=O)[O-])ccc21.[K+].[K+]. The van der Waals surface area contributed by atoms with E-state index in [1.807, 2.05) is 84.5 Å². The Labute approximate surface area is 478 Å². The number of nitrogens with one attached hydrogen (secondary N) is 2. The molecule has 2 aliphatic heterocycles. The van der Waals surface area contributed by atoms with Gasteiger partial charge in [0.25, 0.3) is 0 Å². The van der Waals surface area contributed by atoms with E-state index in [-0.39, 0.29) is 119 Å². The largest absolute Gasteiger partial charge is 1.00 e. The van der Waals surface area contributed by atoms with Crippen molar-refractivity contribution >= 4 is 51.1 Å². The van der Waals surface area contributed by atoms with Crippen LogP contribution in [-0.2, 0) is 39.9 Å². The number of fused-ring (bicyclic) bond motifs is 2. The second-order valence-corrected chi connectivity index (χ2v) is 20.1. The zero-order valence-electron chi connectivity index (χ0n) is 40.5. The number of carbonyl (C=O) groups is 2. The molecule has 2 amide bonds. The Morgan fingerprint density at radius 2 is 1.40 bits per heavy atom. The van der Waals surface area contributed by atoms with Crippen LogP contribution in [0.3, 0.4) is 0 Å². The van der Waals surface area contributed by atoms with Crippen molar-refractivity contribution in [2.24, 2.45) is 0 Å². The molecule has 348 valence electrons. The predicted molar refractivity (Wildman–Crippen MR) is 248 cm³/mol. The molecule has 0 aromatic heterocycles. The van der Waals surface area contributed by atoms with Crippen LogP contribution >= 0.6 is 12.0 Å². The summed E-state index contributed by atoms with van der Waals surface area (Å²) in [6.45, 7) is 13.0. The van der Waals surface area contributed by atoms with E-state index in [1.165, 1.54) is 12.1 Å². The molecule has 0 aliphatic carbocycles. The summed E-state index contributed by atoms with van der Waals surface area (Å²) in [5, 5.41) is 20.2. The topological polar surface area (TPSA) is 170 Å². The average molecular weight is 988 g/mol. The minimum atomic E-state index is -4.65. The Balaban J connectivity index is 0.00000726. The summed E-state index contributed by atoms with van der Waals surface area (Å²) in [5.74, 6) is 0.147. The molecule has 0 unspecified atom stereocenters. The number of allylic oxidation sites excluding steroid dienone is 6. The zero-order valence-corrected chi connectivity index (χ0v) is 48.4. The molecule has 65 heavy (non-hydrogen) atoms.